The molecular weight excluding hydrogens is 328 g/mol. The number of aromatic nitrogens is 2. The highest BCUT2D eigenvalue weighted by molar-refractivity contribution is 6.30. The van der Waals surface area contributed by atoms with Crippen molar-refractivity contribution in [1.82, 2.24) is 14.9 Å². The minimum atomic E-state index is 0.0733. The number of nitrogens with zero attached hydrogens (tertiary/aromatic N) is 4. The van der Waals surface area contributed by atoms with Crippen LogP contribution in [-0.2, 0) is 11.2 Å². The number of piperazine rings is 1. The van der Waals surface area contributed by atoms with E-state index in [1.807, 2.05) is 4.90 Å². The number of hydrogen-bond acceptors (Lipinski definition) is 5. The fourth-order valence-corrected chi connectivity index (χ4v) is 2.97. The summed E-state index contributed by atoms with van der Waals surface area (Å²) in [6.07, 6.45) is 3.74. The number of amides is 1. The van der Waals surface area contributed by atoms with Crippen LogP contribution >= 0.6 is 11.6 Å². The van der Waals surface area contributed by atoms with Crippen molar-refractivity contribution in [1.29, 1.82) is 0 Å². The van der Waals surface area contributed by atoms with Crippen LogP contribution in [-0.4, -0.2) is 54.1 Å². The van der Waals surface area contributed by atoms with Gasteiger partial charge < -0.3 is 14.5 Å². The first-order valence-electron chi connectivity index (χ1n) is 7.79. The molecule has 1 aliphatic heterocycles. The van der Waals surface area contributed by atoms with Crippen LogP contribution in [0, 0.1) is 0 Å². The van der Waals surface area contributed by atoms with Gasteiger partial charge in [0.2, 0.25) is 11.9 Å². The number of methoxy groups -OCH3 is 1. The molecule has 0 N–H and O–H groups in total. The lowest BCUT2D eigenvalue weighted by Crippen LogP contribution is -2.49. The Bertz CT molecular complexity index is 703. The third kappa shape index (κ3) is 3.76. The summed E-state index contributed by atoms with van der Waals surface area (Å²) in [5.74, 6) is 1.47. The number of carbonyl (C=O) groups is 1. The summed E-state index contributed by atoms with van der Waals surface area (Å²) in [4.78, 5) is 25.0. The van der Waals surface area contributed by atoms with Crippen molar-refractivity contribution < 1.29 is 9.53 Å². The minimum absolute atomic E-state index is 0.0733. The van der Waals surface area contributed by atoms with Crippen LogP contribution in [0.15, 0.2) is 36.7 Å². The third-order valence-corrected chi connectivity index (χ3v) is 4.29. The van der Waals surface area contributed by atoms with Crippen LogP contribution in [0.5, 0.6) is 5.75 Å². The summed E-state index contributed by atoms with van der Waals surface area (Å²) in [7, 11) is 1.59. The normalized spacial score (nSPS) is 14.6. The van der Waals surface area contributed by atoms with E-state index in [1.165, 1.54) is 0 Å². The van der Waals surface area contributed by atoms with Gasteiger partial charge >= 0.3 is 0 Å². The zero-order valence-electron chi connectivity index (χ0n) is 13.5. The van der Waals surface area contributed by atoms with Crippen LogP contribution in [0.25, 0.3) is 0 Å². The summed E-state index contributed by atoms with van der Waals surface area (Å²) in [6.45, 7) is 2.75. The highest BCUT2D eigenvalue weighted by atomic mass is 35.5. The molecule has 1 aliphatic rings. The van der Waals surface area contributed by atoms with Crippen LogP contribution in [0.2, 0.25) is 5.02 Å². The van der Waals surface area contributed by atoms with Gasteiger partial charge in [0, 0.05) is 49.2 Å². The number of ether oxygens (including phenoxy) is 1. The molecule has 3 rings (SSSR count). The Hall–Kier alpha value is -2.34. The fraction of sp³-hybridized carbons (Fsp3) is 0.353. The van der Waals surface area contributed by atoms with E-state index in [-0.39, 0.29) is 12.3 Å². The van der Waals surface area contributed by atoms with Gasteiger partial charge in [0.25, 0.3) is 0 Å². The molecule has 1 amide bonds. The zero-order chi connectivity index (χ0) is 16.9. The summed E-state index contributed by atoms with van der Waals surface area (Å²) in [5, 5.41) is 0.602. The smallest absolute Gasteiger partial charge is 0.227 e. The molecule has 2 heterocycles. The average molecular weight is 347 g/mol. The molecule has 0 atom stereocenters. The van der Waals surface area contributed by atoms with Crippen LogP contribution < -0.4 is 9.64 Å². The Morgan fingerprint density at radius 1 is 1.21 bits per heavy atom. The Kier molecular flexibility index (Phi) is 5.15. The largest absolute Gasteiger partial charge is 0.496 e. The molecule has 126 valence electrons. The molecule has 2 aromatic rings. The maximum atomic E-state index is 12.6. The molecule has 0 bridgehead atoms. The first-order valence-corrected chi connectivity index (χ1v) is 8.17. The number of rotatable bonds is 4. The van der Waals surface area contributed by atoms with Crippen molar-refractivity contribution in [3.05, 3.63) is 47.2 Å². The molecule has 0 spiro atoms. The number of hydrogen-bond donors (Lipinski definition) is 0. The molecule has 7 heteroatoms. The molecule has 0 radical (unpaired) electrons. The molecule has 0 aliphatic carbocycles. The van der Waals surface area contributed by atoms with Crippen LogP contribution in [0.4, 0.5) is 5.95 Å². The Labute approximate surface area is 146 Å². The quantitative estimate of drug-likeness (QED) is 0.847. The van der Waals surface area contributed by atoms with E-state index in [1.54, 1.807) is 43.8 Å². The van der Waals surface area contributed by atoms with Crippen molar-refractivity contribution in [3.63, 3.8) is 0 Å². The molecule has 1 fully saturated rings. The summed E-state index contributed by atoms with van der Waals surface area (Å²) >= 11 is 6.03. The zero-order valence-corrected chi connectivity index (χ0v) is 14.2. The molecule has 1 aromatic heterocycles. The van der Waals surface area contributed by atoms with E-state index in [2.05, 4.69) is 14.9 Å². The van der Waals surface area contributed by atoms with Crippen molar-refractivity contribution in [2.24, 2.45) is 0 Å². The van der Waals surface area contributed by atoms with Crippen molar-refractivity contribution in [2.75, 3.05) is 38.2 Å². The van der Waals surface area contributed by atoms with Gasteiger partial charge in [-0.05, 0) is 24.3 Å². The van der Waals surface area contributed by atoms with Crippen LogP contribution in [0.3, 0.4) is 0 Å². The number of halogens is 1. The molecule has 1 aromatic carbocycles. The second-order valence-corrected chi connectivity index (χ2v) is 5.99. The number of anilines is 1. The summed E-state index contributed by atoms with van der Waals surface area (Å²) in [5.41, 5.74) is 0.809. The van der Waals surface area contributed by atoms with Gasteiger partial charge in [0.05, 0.1) is 13.5 Å². The first-order chi connectivity index (χ1) is 11.7. The molecule has 0 saturated carbocycles. The van der Waals surface area contributed by atoms with Gasteiger partial charge in [0.1, 0.15) is 5.75 Å². The van der Waals surface area contributed by atoms with Gasteiger partial charge in [-0.25, -0.2) is 9.97 Å². The molecule has 6 nitrogen and oxygen atoms in total. The molecule has 0 unspecified atom stereocenters. The highest BCUT2D eigenvalue weighted by Gasteiger charge is 2.23. The Morgan fingerprint density at radius 3 is 2.58 bits per heavy atom. The molecular formula is C17H19ClN4O2. The van der Waals surface area contributed by atoms with Crippen molar-refractivity contribution in [3.8, 4) is 5.75 Å². The highest BCUT2D eigenvalue weighted by Crippen LogP contribution is 2.24. The first kappa shape index (κ1) is 16.5. The minimum Gasteiger partial charge on any atom is -0.496 e. The van der Waals surface area contributed by atoms with E-state index >= 15 is 0 Å². The lowest BCUT2D eigenvalue weighted by atomic mass is 10.1. The number of carbonyl (C=O) groups excluding carboxylic acids is 1. The third-order valence-electron chi connectivity index (χ3n) is 4.05. The monoisotopic (exact) mass is 346 g/mol. The lowest BCUT2D eigenvalue weighted by Gasteiger charge is -2.34. The van der Waals surface area contributed by atoms with Crippen LogP contribution in [0.1, 0.15) is 5.56 Å². The maximum Gasteiger partial charge on any atom is 0.227 e. The maximum absolute atomic E-state index is 12.6. The predicted octanol–water partition coefficient (Wildman–Crippen LogP) is 2.03. The Morgan fingerprint density at radius 2 is 1.92 bits per heavy atom. The molecule has 24 heavy (non-hydrogen) atoms. The number of benzene rings is 1. The van der Waals surface area contributed by atoms with Gasteiger partial charge in [-0.15, -0.1) is 0 Å². The Balaban J connectivity index is 1.61. The van der Waals surface area contributed by atoms with Crippen molar-refractivity contribution >= 4 is 23.5 Å². The second-order valence-electron chi connectivity index (χ2n) is 5.55. The van der Waals surface area contributed by atoms with Crippen molar-refractivity contribution in [2.45, 2.75) is 6.42 Å². The van der Waals surface area contributed by atoms with E-state index in [0.717, 1.165) is 18.7 Å². The van der Waals surface area contributed by atoms with E-state index in [4.69, 9.17) is 16.3 Å². The van der Waals surface area contributed by atoms with E-state index < -0.39 is 0 Å². The van der Waals surface area contributed by atoms with Gasteiger partial charge in [-0.2, -0.15) is 0 Å². The average Bonchev–Trinajstić information content (AvgIpc) is 2.63. The fourth-order valence-electron chi connectivity index (χ4n) is 2.77. The van der Waals surface area contributed by atoms with E-state index in [9.17, 15) is 4.79 Å². The SMILES string of the molecule is COc1ccc(Cl)cc1CC(=O)N1CCN(c2ncccn2)CC1. The van der Waals surface area contributed by atoms with Gasteiger partial charge in [0.15, 0.2) is 0 Å². The topological polar surface area (TPSA) is 58.6 Å². The predicted molar refractivity (Wildman–Crippen MR) is 92.5 cm³/mol. The summed E-state index contributed by atoms with van der Waals surface area (Å²) < 4.78 is 5.31. The molecule has 1 saturated heterocycles. The second kappa shape index (κ2) is 7.49. The summed E-state index contributed by atoms with van der Waals surface area (Å²) in [6, 6.07) is 7.12. The van der Waals surface area contributed by atoms with Gasteiger partial charge in [-0.1, -0.05) is 11.6 Å². The lowest BCUT2D eigenvalue weighted by molar-refractivity contribution is -0.130. The standard InChI is InChI=1S/C17H19ClN4O2/c1-24-15-4-3-14(18)11-13(15)12-16(23)21-7-9-22(10-8-21)17-19-5-2-6-20-17/h2-6,11H,7-10,12H2,1H3. The van der Waals surface area contributed by atoms with Gasteiger partial charge in [-0.3, -0.25) is 4.79 Å². The van der Waals surface area contributed by atoms with E-state index in [0.29, 0.717) is 29.8 Å².